The van der Waals surface area contributed by atoms with E-state index in [1.807, 2.05) is 18.2 Å². The Bertz CT molecular complexity index is 756. The largest absolute Gasteiger partial charge is 0.355 e. The number of amides is 1. The van der Waals surface area contributed by atoms with Gasteiger partial charge < -0.3 is 5.32 Å². The molecule has 2 rings (SSSR count). The molecule has 5 nitrogen and oxygen atoms in total. The van der Waals surface area contributed by atoms with E-state index in [9.17, 15) is 9.59 Å². The third kappa shape index (κ3) is 4.84. The minimum Gasteiger partial charge on any atom is -0.355 e. The Hall–Kier alpha value is -1.82. The molecule has 0 atom stereocenters. The van der Waals surface area contributed by atoms with Gasteiger partial charge in [0.2, 0.25) is 5.91 Å². The maximum atomic E-state index is 12.7. The third-order valence-electron chi connectivity index (χ3n) is 3.56. The fourth-order valence-electron chi connectivity index (χ4n) is 2.37. The van der Waals surface area contributed by atoms with Gasteiger partial charge in [-0.1, -0.05) is 51.1 Å². The van der Waals surface area contributed by atoms with Crippen molar-refractivity contribution in [1.82, 2.24) is 14.9 Å². The van der Waals surface area contributed by atoms with Crippen molar-refractivity contribution < 1.29 is 4.79 Å². The molecule has 0 aliphatic heterocycles. The van der Waals surface area contributed by atoms with E-state index >= 15 is 0 Å². The Morgan fingerprint density at radius 3 is 2.79 bits per heavy atom. The van der Waals surface area contributed by atoms with Crippen LogP contribution in [0.2, 0.25) is 0 Å². The van der Waals surface area contributed by atoms with E-state index in [1.54, 1.807) is 10.6 Å². The Morgan fingerprint density at radius 1 is 1.33 bits per heavy atom. The van der Waals surface area contributed by atoms with E-state index in [0.717, 1.165) is 12.8 Å². The summed E-state index contributed by atoms with van der Waals surface area (Å²) in [6, 6.07) is 7.35. The fraction of sp³-hybridized carbons (Fsp3) is 0.500. The van der Waals surface area contributed by atoms with Crippen molar-refractivity contribution in [2.45, 2.75) is 45.3 Å². The number of nitrogens with one attached hydrogen (secondary N) is 1. The summed E-state index contributed by atoms with van der Waals surface area (Å²) in [5.74, 6) is 0.572. The number of hydrogen-bond acceptors (Lipinski definition) is 4. The smallest absolute Gasteiger partial charge is 0.262 e. The maximum absolute atomic E-state index is 12.7. The Morgan fingerprint density at radius 2 is 2.08 bits per heavy atom. The first-order valence-electron chi connectivity index (χ1n) is 8.42. The zero-order chi connectivity index (χ0) is 17.5. The quantitative estimate of drug-likeness (QED) is 0.453. The summed E-state index contributed by atoms with van der Waals surface area (Å²) < 4.78 is 1.69. The molecule has 1 aromatic heterocycles. The number of aromatic nitrogens is 2. The molecule has 0 spiro atoms. The number of para-hydroxylation sites is 1. The van der Waals surface area contributed by atoms with Crippen LogP contribution in [0.15, 0.2) is 34.2 Å². The molecule has 0 aliphatic rings. The zero-order valence-electron chi connectivity index (χ0n) is 14.5. The Kier molecular flexibility index (Phi) is 6.85. The molecule has 0 aliphatic carbocycles. The Labute approximate surface area is 146 Å². The van der Waals surface area contributed by atoms with Crippen molar-refractivity contribution >= 4 is 28.6 Å². The number of rotatable bonds is 8. The van der Waals surface area contributed by atoms with Gasteiger partial charge in [0.15, 0.2) is 5.16 Å². The van der Waals surface area contributed by atoms with Gasteiger partial charge in [-0.25, -0.2) is 4.98 Å². The van der Waals surface area contributed by atoms with E-state index < -0.39 is 0 Å². The standard InChI is InChI=1S/C18H25N3O2S/c1-4-5-10-19-16(22)12-24-18-20-15-9-7-6-8-14(15)17(23)21(18)11-13(2)3/h6-9,13H,4-5,10-12H2,1-3H3,(H,19,22). The van der Waals surface area contributed by atoms with E-state index in [2.05, 4.69) is 31.1 Å². The monoisotopic (exact) mass is 347 g/mol. The van der Waals surface area contributed by atoms with Crippen LogP contribution in [0, 0.1) is 5.92 Å². The van der Waals surface area contributed by atoms with Gasteiger partial charge in [0.25, 0.3) is 5.56 Å². The highest BCUT2D eigenvalue weighted by molar-refractivity contribution is 7.99. The summed E-state index contributed by atoms with van der Waals surface area (Å²) >= 11 is 1.32. The van der Waals surface area contributed by atoms with Crippen molar-refractivity contribution in [1.29, 1.82) is 0 Å². The topological polar surface area (TPSA) is 64.0 Å². The molecule has 24 heavy (non-hydrogen) atoms. The van der Waals surface area contributed by atoms with Gasteiger partial charge in [0.05, 0.1) is 16.7 Å². The second-order valence-electron chi connectivity index (χ2n) is 6.21. The summed E-state index contributed by atoms with van der Waals surface area (Å²) in [6.07, 6.45) is 2.02. The lowest BCUT2D eigenvalue weighted by Crippen LogP contribution is -2.28. The minimum absolute atomic E-state index is 0.0213. The number of fused-ring (bicyclic) bond motifs is 1. The van der Waals surface area contributed by atoms with Crippen LogP contribution in [-0.4, -0.2) is 27.8 Å². The first-order valence-corrected chi connectivity index (χ1v) is 9.40. The molecule has 0 saturated carbocycles. The lowest BCUT2D eigenvalue weighted by molar-refractivity contribution is -0.118. The van der Waals surface area contributed by atoms with Gasteiger partial charge >= 0.3 is 0 Å². The van der Waals surface area contributed by atoms with Crippen LogP contribution in [0.4, 0.5) is 0 Å². The van der Waals surface area contributed by atoms with Gasteiger partial charge in [0.1, 0.15) is 0 Å². The SMILES string of the molecule is CCCCNC(=O)CSc1nc2ccccc2c(=O)n1CC(C)C. The predicted octanol–water partition coefficient (Wildman–Crippen LogP) is 3.06. The number of unbranched alkanes of at least 4 members (excludes halogenated alkanes) is 1. The summed E-state index contributed by atoms with van der Waals surface area (Å²) in [7, 11) is 0. The van der Waals surface area contributed by atoms with Gasteiger partial charge in [0, 0.05) is 13.1 Å². The molecule has 6 heteroatoms. The summed E-state index contributed by atoms with van der Waals surface area (Å²) in [6.45, 7) is 7.50. The molecular weight excluding hydrogens is 322 g/mol. The summed E-state index contributed by atoms with van der Waals surface area (Å²) in [4.78, 5) is 29.3. The predicted molar refractivity (Wildman–Crippen MR) is 99.5 cm³/mol. The molecule has 0 unspecified atom stereocenters. The number of hydrogen-bond donors (Lipinski definition) is 1. The van der Waals surface area contributed by atoms with Crippen LogP contribution >= 0.6 is 11.8 Å². The molecule has 1 amide bonds. The lowest BCUT2D eigenvalue weighted by Gasteiger charge is -2.14. The average Bonchev–Trinajstić information content (AvgIpc) is 2.56. The zero-order valence-corrected chi connectivity index (χ0v) is 15.4. The first-order chi connectivity index (χ1) is 11.5. The molecule has 2 aromatic rings. The van der Waals surface area contributed by atoms with E-state index in [0.29, 0.717) is 35.1 Å². The number of carbonyl (C=O) groups excluding carboxylic acids is 1. The lowest BCUT2D eigenvalue weighted by atomic mass is 10.2. The van der Waals surface area contributed by atoms with Crippen molar-refractivity contribution in [2.75, 3.05) is 12.3 Å². The normalized spacial score (nSPS) is 11.2. The van der Waals surface area contributed by atoms with Crippen molar-refractivity contribution in [2.24, 2.45) is 5.92 Å². The van der Waals surface area contributed by atoms with Crippen LogP contribution < -0.4 is 10.9 Å². The molecule has 1 heterocycles. The molecule has 130 valence electrons. The second-order valence-corrected chi connectivity index (χ2v) is 7.16. The third-order valence-corrected chi connectivity index (χ3v) is 4.54. The molecule has 0 saturated heterocycles. The molecule has 0 bridgehead atoms. The number of nitrogens with zero attached hydrogens (tertiary/aromatic N) is 2. The van der Waals surface area contributed by atoms with E-state index in [-0.39, 0.29) is 17.2 Å². The molecule has 1 aromatic carbocycles. The van der Waals surface area contributed by atoms with Crippen LogP contribution in [0.1, 0.15) is 33.6 Å². The number of benzene rings is 1. The highest BCUT2D eigenvalue weighted by Crippen LogP contribution is 2.18. The van der Waals surface area contributed by atoms with Crippen molar-refractivity contribution in [3.8, 4) is 0 Å². The van der Waals surface area contributed by atoms with Crippen LogP contribution in [0.25, 0.3) is 10.9 Å². The molecule has 0 radical (unpaired) electrons. The van der Waals surface area contributed by atoms with Gasteiger partial charge in [-0.15, -0.1) is 0 Å². The average molecular weight is 347 g/mol. The van der Waals surface area contributed by atoms with Gasteiger partial charge in [-0.05, 0) is 24.5 Å². The van der Waals surface area contributed by atoms with E-state index in [1.165, 1.54) is 11.8 Å². The second kappa shape index (κ2) is 8.87. The molecular formula is C18H25N3O2S. The first kappa shape index (κ1) is 18.5. The van der Waals surface area contributed by atoms with Crippen molar-refractivity contribution in [3.63, 3.8) is 0 Å². The van der Waals surface area contributed by atoms with E-state index in [4.69, 9.17) is 0 Å². The summed E-state index contributed by atoms with van der Waals surface area (Å²) in [5, 5.41) is 4.12. The maximum Gasteiger partial charge on any atom is 0.262 e. The number of carbonyl (C=O) groups is 1. The summed E-state index contributed by atoms with van der Waals surface area (Å²) in [5.41, 5.74) is 0.639. The molecule has 1 N–H and O–H groups in total. The minimum atomic E-state index is -0.0387. The number of thioether (sulfide) groups is 1. The van der Waals surface area contributed by atoms with Crippen molar-refractivity contribution in [3.05, 3.63) is 34.6 Å². The van der Waals surface area contributed by atoms with Crippen LogP contribution in [0.5, 0.6) is 0 Å². The highest BCUT2D eigenvalue weighted by atomic mass is 32.2. The van der Waals surface area contributed by atoms with Gasteiger partial charge in [-0.3, -0.25) is 14.2 Å². The van der Waals surface area contributed by atoms with Crippen LogP contribution in [-0.2, 0) is 11.3 Å². The highest BCUT2D eigenvalue weighted by Gasteiger charge is 2.14. The van der Waals surface area contributed by atoms with Gasteiger partial charge in [-0.2, -0.15) is 0 Å². The molecule has 0 fully saturated rings. The van der Waals surface area contributed by atoms with Crippen LogP contribution in [0.3, 0.4) is 0 Å². The fourth-order valence-corrected chi connectivity index (χ4v) is 3.21. The Balaban J connectivity index is 2.24.